The Bertz CT molecular complexity index is 283. The van der Waals surface area contributed by atoms with E-state index in [-0.39, 0.29) is 29.9 Å². The van der Waals surface area contributed by atoms with Crippen molar-refractivity contribution in [3.63, 3.8) is 0 Å². The van der Waals surface area contributed by atoms with Crippen molar-refractivity contribution >= 4 is 11.8 Å². The minimum absolute atomic E-state index is 0.0348. The second-order valence-electron chi connectivity index (χ2n) is 5.25. The fourth-order valence-electron chi connectivity index (χ4n) is 2.19. The average Bonchev–Trinajstić information content (AvgIpc) is 2.61. The molecule has 0 aromatic carbocycles. The number of nitrogens with one attached hydrogen (secondary N) is 2. The summed E-state index contributed by atoms with van der Waals surface area (Å²) in [5.74, 6) is -0.292. The summed E-state index contributed by atoms with van der Waals surface area (Å²) in [6.45, 7) is 3.80. The lowest BCUT2D eigenvalue weighted by atomic mass is 9.94. The predicted octanol–water partition coefficient (Wildman–Crippen LogP) is 0.289. The summed E-state index contributed by atoms with van der Waals surface area (Å²) in [7, 11) is 0. The van der Waals surface area contributed by atoms with Gasteiger partial charge >= 0.3 is 0 Å². The van der Waals surface area contributed by atoms with Gasteiger partial charge in [-0.15, -0.1) is 0 Å². The summed E-state index contributed by atoms with van der Waals surface area (Å²) in [5, 5.41) is 5.33. The Hall–Kier alpha value is -1.10. The average molecular weight is 241 g/mol. The van der Waals surface area contributed by atoms with Gasteiger partial charge < -0.3 is 16.4 Å². The molecule has 5 nitrogen and oxygen atoms in total. The van der Waals surface area contributed by atoms with E-state index >= 15 is 0 Å². The number of hydrogen-bond acceptors (Lipinski definition) is 3. The summed E-state index contributed by atoms with van der Waals surface area (Å²) in [6, 6.07) is 0.0927. The Labute approximate surface area is 103 Å². The van der Waals surface area contributed by atoms with Crippen LogP contribution in [0.5, 0.6) is 0 Å². The van der Waals surface area contributed by atoms with Gasteiger partial charge in [-0.3, -0.25) is 9.59 Å². The zero-order chi connectivity index (χ0) is 12.9. The molecule has 1 saturated carbocycles. The van der Waals surface area contributed by atoms with Crippen LogP contribution in [0.2, 0.25) is 0 Å². The first-order valence-corrected chi connectivity index (χ1v) is 6.26. The molecule has 0 saturated heterocycles. The molecule has 0 radical (unpaired) electrons. The second kappa shape index (κ2) is 6.00. The van der Waals surface area contributed by atoms with Crippen LogP contribution in [0, 0.1) is 0 Å². The highest BCUT2D eigenvalue weighted by Crippen LogP contribution is 2.29. The van der Waals surface area contributed by atoms with Crippen molar-refractivity contribution in [3.05, 3.63) is 0 Å². The zero-order valence-electron chi connectivity index (χ0n) is 10.7. The van der Waals surface area contributed by atoms with Crippen molar-refractivity contribution < 1.29 is 9.59 Å². The van der Waals surface area contributed by atoms with Crippen LogP contribution in [0.25, 0.3) is 0 Å². The normalized spacial score (nSPS) is 18.1. The van der Waals surface area contributed by atoms with E-state index in [0.717, 1.165) is 25.7 Å². The van der Waals surface area contributed by atoms with Crippen molar-refractivity contribution in [2.75, 3.05) is 6.54 Å². The van der Waals surface area contributed by atoms with Crippen molar-refractivity contribution in [2.24, 2.45) is 5.73 Å². The summed E-state index contributed by atoms with van der Waals surface area (Å²) in [4.78, 5) is 22.9. The van der Waals surface area contributed by atoms with E-state index in [0.29, 0.717) is 6.42 Å². The van der Waals surface area contributed by atoms with E-state index in [1.165, 1.54) is 0 Å². The lowest BCUT2D eigenvalue weighted by Crippen LogP contribution is -2.45. The van der Waals surface area contributed by atoms with Gasteiger partial charge in [0.2, 0.25) is 11.8 Å². The first-order chi connectivity index (χ1) is 7.91. The molecule has 5 heteroatoms. The molecule has 98 valence electrons. The SMILES string of the molecule is CC(C)NC(=O)CNC(=O)CC1(N)CCCC1. The van der Waals surface area contributed by atoms with E-state index in [1.54, 1.807) is 0 Å². The summed E-state index contributed by atoms with van der Waals surface area (Å²) >= 11 is 0. The fraction of sp³-hybridized carbons (Fsp3) is 0.833. The van der Waals surface area contributed by atoms with Crippen molar-refractivity contribution in [2.45, 2.75) is 57.5 Å². The van der Waals surface area contributed by atoms with Crippen molar-refractivity contribution in [1.82, 2.24) is 10.6 Å². The Kier molecular flexibility index (Phi) is 4.93. The summed E-state index contributed by atoms with van der Waals surface area (Å²) in [5.41, 5.74) is 5.74. The maximum atomic E-state index is 11.6. The first-order valence-electron chi connectivity index (χ1n) is 6.26. The molecule has 17 heavy (non-hydrogen) atoms. The number of hydrogen-bond donors (Lipinski definition) is 3. The lowest BCUT2D eigenvalue weighted by Gasteiger charge is -2.22. The van der Waals surface area contributed by atoms with Gasteiger partial charge in [-0.1, -0.05) is 12.8 Å². The molecule has 1 rings (SSSR count). The second-order valence-corrected chi connectivity index (χ2v) is 5.25. The molecule has 0 unspecified atom stereocenters. The Morgan fingerprint density at radius 1 is 1.24 bits per heavy atom. The van der Waals surface area contributed by atoms with Crippen molar-refractivity contribution in [3.8, 4) is 0 Å². The third-order valence-corrected chi connectivity index (χ3v) is 3.01. The highest BCUT2D eigenvalue weighted by Gasteiger charge is 2.31. The highest BCUT2D eigenvalue weighted by atomic mass is 16.2. The molecule has 4 N–H and O–H groups in total. The number of carbonyl (C=O) groups excluding carboxylic acids is 2. The van der Waals surface area contributed by atoms with Crippen LogP contribution in [0.15, 0.2) is 0 Å². The number of rotatable bonds is 5. The van der Waals surface area contributed by atoms with Crippen LogP contribution < -0.4 is 16.4 Å². The molecule has 0 aromatic heterocycles. The minimum Gasteiger partial charge on any atom is -0.352 e. The van der Waals surface area contributed by atoms with Gasteiger partial charge in [-0.25, -0.2) is 0 Å². The molecule has 0 heterocycles. The standard InChI is InChI=1S/C12H23N3O2/c1-9(2)15-11(17)8-14-10(16)7-12(13)5-3-4-6-12/h9H,3-8,13H2,1-2H3,(H,14,16)(H,15,17). The third-order valence-electron chi connectivity index (χ3n) is 3.01. The molecule has 0 aromatic rings. The predicted molar refractivity (Wildman–Crippen MR) is 66.3 cm³/mol. The van der Waals surface area contributed by atoms with Crippen LogP contribution in [0.1, 0.15) is 46.0 Å². The number of carbonyl (C=O) groups is 2. The lowest BCUT2D eigenvalue weighted by molar-refractivity contribution is -0.127. The van der Waals surface area contributed by atoms with Crippen LogP contribution in [0.4, 0.5) is 0 Å². The maximum Gasteiger partial charge on any atom is 0.239 e. The Morgan fingerprint density at radius 2 is 1.82 bits per heavy atom. The topological polar surface area (TPSA) is 84.2 Å². The van der Waals surface area contributed by atoms with Crippen molar-refractivity contribution in [1.29, 1.82) is 0 Å². The van der Waals surface area contributed by atoms with Gasteiger partial charge in [0.05, 0.1) is 6.54 Å². The van der Waals surface area contributed by atoms with Crippen LogP contribution in [-0.2, 0) is 9.59 Å². The molecular weight excluding hydrogens is 218 g/mol. The number of amides is 2. The largest absolute Gasteiger partial charge is 0.352 e. The molecule has 2 amide bonds. The minimum atomic E-state index is -0.349. The van der Waals surface area contributed by atoms with Gasteiger partial charge in [0.1, 0.15) is 0 Å². The molecule has 0 bridgehead atoms. The molecule has 0 aliphatic heterocycles. The maximum absolute atomic E-state index is 11.6. The van der Waals surface area contributed by atoms with Gasteiger partial charge in [0.15, 0.2) is 0 Å². The molecular formula is C12H23N3O2. The van der Waals surface area contributed by atoms with E-state index in [2.05, 4.69) is 10.6 Å². The highest BCUT2D eigenvalue weighted by molar-refractivity contribution is 5.85. The van der Waals surface area contributed by atoms with Crippen LogP contribution in [0.3, 0.4) is 0 Å². The molecule has 1 fully saturated rings. The van der Waals surface area contributed by atoms with Gasteiger partial charge in [-0.2, -0.15) is 0 Å². The van der Waals surface area contributed by atoms with Gasteiger partial charge in [0.25, 0.3) is 0 Å². The van der Waals surface area contributed by atoms with Gasteiger partial charge in [-0.05, 0) is 26.7 Å². The Balaban J connectivity index is 2.23. The summed E-state index contributed by atoms with van der Waals surface area (Å²) in [6.07, 6.45) is 4.31. The first kappa shape index (κ1) is 14.0. The zero-order valence-corrected chi connectivity index (χ0v) is 10.7. The van der Waals surface area contributed by atoms with E-state index in [4.69, 9.17) is 5.73 Å². The molecule has 0 atom stereocenters. The monoisotopic (exact) mass is 241 g/mol. The molecule has 1 aliphatic rings. The van der Waals surface area contributed by atoms with E-state index in [9.17, 15) is 9.59 Å². The number of nitrogens with two attached hydrogens (primary N) is 1. The van der Waals surface area contributed by atoms with Crippen LogP contribution in [-0.4, -0.2) is 29.9 Å². The Morgan fingerprint density at radius 3 is 2.35 bits per heavy atom. The molecule has 0 spiro atoms. The fourth-order valence-corrected chi connectivity index (χ4v) is 2.19. The van der Waals surface area contributed by atoms with Crippen LogP contribution >= 0.6 is 0 Å². The van der Waals surface area contributed by atoms with Gasteiger partial charge in [0, 0.05) is 18.0 Å². The third kappa shape index (κ3) is 5.17. The smallest absolute Gasteiger partial charge is 0.239 e. The quantitative estimate of drug-likeness (QED) is 0.647. The molecule has 1 aliphatic carbocycles. The van der Waals surface area contributed by atoms with E-state index in [1.807, 2.05) is 13.8 Å². The summed E-state index contributed by atoms with van der Waals surface area (Å²) < 4.78 is 0. The van der Waals surface area contributed by atoms with E-state index < -0.39 is 0 Å².